The Kier molecular flexibility index (Phi) is 4.34. The summed E-state index contributed by atoms with van der Waals surface area (Å²) >= 11 is 0. The summed E-state index contributed by atoms with van der Waals surface area (Å²) in [6.07, 6.45) is 0. The van der Waals surface area contributed by atoms with Crippen molar-refractivity contribution in [2.75, 3.05) is 14.2 Å². The summed E-state index contributed by atoms with van der Waals surface area (Å²) < 4.78 is 5.41. The Morgan fingerprint density at radius 3 is 2.44 bits per heavy atom. The quantitative estimate of drug-likeness (QED) is 0.819. The second-order valence-electron chi connectivity index (χ2n) is 3.93. The van der Waals surface area contributed by atoms with Crippen LogP contribution in [0.25, 0.3) is 11.1 Å². The molecule has 0 aliphatic carbocycles. The molecule has 0 spiro atoms. The van der Waals surface area contributed by atoms with Gasteiger partial charge in [0.1, 0.15) is 5.75 Å². The van der Waals surface area contributed by atoms with Crippen molar-refractivity contribution in [2.45, 2.75) is 6.54 Å². The van der Waals surface area contributed by atoms with E-state index in [4.69, 9.17) is 9.57 Å². The summed E-state index contributed by atoms with van der Waals surface area (Å²) in [5, 5.41) is 0. The third kappa shape index (κ3) is 2.88. The van der Waals surface area contributed by atoms with E-state index in [1.165, 1.54) is 0 Å². The van der Waals surface area contributed by atoms with E-state index in [1.807, 2.05) is 30.3 Å². The molecule has 0 amide bonds. The third-order valence-electron chi connectivity index (χ3n) is 2.77. The molecule has 0 unspecified atom stereocenters. The highest BCUT2D eigenvalue weighted by Crippen LogP contribution is 2.30. The molecule has 3 nitrogen and oxygen atoms in total. The second kappa shape index (κ2) is 6.19. The number of hydrogen-bond donors (Lipinski definition) is 1. The average molecular weight is 243 g/mol. The first kappa shape index (κ1) is 12.6. The SMILES string of the molecule is CONCc1ccc(OC)c(-c2ccccc2)c1. The fourth-order valence-corrected chi connectivity index (χ4v) is 1.86. The minimum atomic E-state index is 0.667. The van der Waals surface area contributed by atoms with Gasteiger partial charge in [0.25, 0.3) is 0 Å². The van der Waals surface area contributed by atoms with Crippen LogP contribution in [0.5, 0.6) is 5.75 Å². The van der Waals surface area contributed by atoms with Crippen LogP contribution in [0, 0.1) is 0 Å². The summed E-state index contributed by atoms with van der Waals surface area (Å²) in [5.74, 6) is 0.877. The van der Waals surface area contributed by atoms with Gasteiger partial charge in [-0.25, -0.2) is 0 Å². The van der Waals surface area contributed by atoms with Crippen molar-refractivity contribution < 1.29 is 9.57 Å². The van der Waals surface area contributed by atoms with Crippen LogP contribution < -0.4 is 10.2 Å². The fourth-order valence-electron chi connectivity index (χ4n) is 1.86. The van der Waals surface area contributed by atoms with Gasteiger partial charge in [0.15, 0.2) is 0 Å². The van der Waals surface area contributed by atoms with Crippen molar-refractivity contribution in [3.05, 3.63) is 54.1 Å². The monoisotopic (exact) mass is 243 g/mol. The van der Waals surface area contributed by atoms with E-state index >= 15 is 0 Å². The normalized spacial score (nSPS) is 10.3. The van der Waals surface area contributed by atoms with Gasteiger partial charge in [-0.3, -0.25) is 0 Å². The standard InChI is InChI=1S/C15H17NO2/c1-17-15-9-8-12(11-16-18-2)10-14(15)13-6-4-3-5-7-13/h3-10,16H,11H2,1-2H3. The number of methoxy groups -OCH3 is 1. The van der Waals surface area contributed by atoms with Crippen LogP contribution in [0.3, 0.4) is 0 Å². The molecule has 0 bridgehead atoms. The van der Waals surface area contributed by atoms with Crippen molar-refractivity contribution in [3.63, 3.8) is 0 Å². The molecule has 2 aromatic carbocycles. The van der Waals surface area contributed by atoms with E-state index < -0.39 is 0 Å². The van der Waals surface area contributed by atoms with E-state index in [-0.39, 0.29) is 0 Å². The van der Waals surface area contributed by atoms with Crippen LogP contribution in [-0.2, 0) is 11.4 Å². The Hall–Kier alpha value is -1.84. The first-order valence-electron chi connectivity index (χ1n) is 5.83. The number of nitrogens with one attached hydrogen (secondary N) is 1. The van der Waals surface area contributed by atoms with E-state index in [9.17, 15) is 0 Å². The predicted molar refractivity (Wildman–Crippen MR) is 72.3 cm³/mol. The summed E-state index contributed by atoms with van der Waals surface area (Å²) in [5.41, 5.74) is 6.23. The Morgan fingerprint density at radius 1 is 1.00 bits per heavy atom. The van der Waals surface area contributed by atoms with Crippen LogP contribution >= 0.6 is 0 Å². The molecule has 0 aliphatic rings. The first-order chi connectivity index (χ1) is 8.85. The Bertz CT molecular complexity index is 497. The zero-order valence-corrected chi connectivity index (χ0v) is 10.6. The lowest BCUT2D eigenvalue weighted by atomic mass is 10.0. The predicted octanol–water partition coefficient (Wildman–Crippen LogP) is 3.01. The summed E-state index contributed by atoms with van der Waals surface area (Å²) in [6, 6.07) is 16.3. The van der Waals surface area contributed by atoms with Gasteiger partial charge >= 0.3 is 0 Å². The fraction of sp³-hybridized carbons (Fsp3) is 0.200. The van der Waals surface area contributed by atoms with Crippen molar-refractivity contribution in [1.82, 2.24) is 5.48 Å². The molecule has 0 atom stereocenters. The van der Waals surface area contributed by atoms with E-state index in [1.54, 1.807) is 14.2 Å². The highest BCUT2D eigenvalue weighted by Gasteiger charge is 2.06. The number of benzene rings is 2. The van der Waals surface area contributed by atoms with E-state index in [0.717, 1.165) is 22.4 Å². The highest BCUT2D eigenvalue weighted by atomic mass is 16.6. The van der Waals surface area contributed by atoms with Gasteiger partial charge in [-0.15, -0.1) is 0 Å². The van der Waals surface area contributed by atoms with Gasteiger partial charge in [0, 0.05) is 12.1 Å². The maximum atomic E-state index is 5.41. The molecule has 0 saturated heterocycles. The Morgan fingerprint density at radius 2 is 1.78 bits per heavy atom. The molecule has 0 radical (unpaired) electrons. The highest BCUT2D eigenvalue weighted by molar-refractivity contribution is 5.71. The van der Waals surface area contributed by atoms with Crippen LogP contribution in [-0.4, -0.2) is 14.2 Å². The molecule has 2 aromatic rings. The lowest BCUT2D eigenvalue weighted by Gasteiger charge is -2.11. The van der Waals surface area contributed by atoms with E-state index in [2.05, 4.69) is 23.7 Å². The minimum absolute atomic E-state index is 0.667. The zero-order chi connectivity index (χ0) is 12.8. The average Bonchev–Trinajstić information content (AvgIpc) is 2.45. The number of rotatable bonds is 5. The topological polar surface area (TPSA) is 30.5 Å². The molecule has 94 valence electrons. The van der Waals surface area contributed by atoms with Crippen LogP contribution in [0.15, 0.2) is 48.5 Å². The lowest BCUT2D eigenvalue weighted by molar-refractivity contribution is 0.0867. The molecule has 0 aliphatic heterocycles. The molecule has 2 rings (SSSR count). The van der Waals surface area contributed by atoms with Gasteiger partial charge in [-0.1, -0.05) is 36.4 Å². The Balaban J connectivity index is 2.37. The minimum Gasteiger partial charge on any atom is -0.496 e. The van der Waals surface area contributed by atoms with Gasteiger partial charge in [0.2, 0.25) is 0 Å². The van der Waals surface area contributed by atoms with Crippen molar-refractivity contribution in [2.24, 2.45) is 0 Å². The van der Waals surface area contributed by atoms with Crippen LogP contribution in [0.2, 0.25) is 0 Å². The molecule has 0 aromatic heterocycles. The zero-order valence-electron chi connectivity index (χ0n) is 10.6. The summed E-state index contributed by atoms with van der Waals surface area (Å²) in [4.78, 5) is 4.87. The van der Waals surface area contributed by atoms with Crippen LogP contribution in [0.4, 0.5) is 0 Å². The van der Waals surface area contributed by atoms with Crippen molar-refractivity contribution >= 4 is 0 Å². The number of hydroxylamine groups is 1. The molecular weight excluding hydrogens is 226 g/mol. The lowest BCUT2D eigenvalue weighted by Crippen LogP contribution is -2.10. The van der Waals surface area contributed by atoms with Gasteiger partial charge in [0.05, 0.1) is 14.2 Å². The van der Waals surface area contributed by atoms with Crippen LogP contribution in [0.1, 0.15) is 5.56 Å². The molecule has 3 heteroatoms. The van der Waals surface area contributed by atoms with Gasteiger partial charge < -0.3 is 9.57 Å². The largest absolute Gasteiger partial charge is 0.496 e. The van der Waals surface area contributed by atoms with Crippen molar-refractivity contribution in [3.8, 4) is 16.9 Å². The first-order valence-corrected chi connectivity index (χ1v) is 5.83. The third-order valence-corrected chi connectivity index (χ3v) is 2.77. The smallest absolute Gasteiger partial charge is 0.126 e. The molecule has 0 heterocycles. The van der Waals surface area contributed by atoms with E-state index in [0.29, 0.717) is 6.54 Å². The molecule has 0 fully saturated rings. The molecule has 18 heavy (non-hydrogen) atoms. The molecular formula is C15H17NO2. The number of hydrogen-bond acceptors (Lipinski definition) is 3. The Labute approximate surface area is 107 Å². The second-order valence-corrected chi connectivity index (χ2v) is 3.93. The summed E-state index contributed by atoms with van der Waals surface area (Å²) in [7, 11) is 3.30. The van der Waals surface area contributed by atoms with Gasteiger partial charge in [-0.2, -0.15) is 5.48 Å². The number of ether oxygens (including phenoxy) is 1. The van der Waals surface area contributed by atoms with Crippen molar-refractivity contribution in [1.29, 1.82) is 0 Å². The molecule has 1 N–H and O–H groups in total. The maximum Gasteiger partial charge on any atom is 0.126 e. The molecule has 0 saturated carbocycles. The maximum absolute atomic E-state index is 5.41. The summed E-state index contributed by atoms with van der Waals surface area (Å²) in [6.45, 7) is 0.667. The van der Waals surface area contributed by atoms with Gasteiger partial charge in [-0.05, 0) is 23.3 Å².